The second-order valence-corrected chi connectivity index (χ2v) is 3.70. The van der Waals surface area contributed by atoms with Crippen LogP contribution in [-0.4, -0.2) is 47.8 Å². The summed E-state index contributed by atoms with van der Waals surface area (Å²) in [5, 5.41) is 7.33. The molecule has 1 N–H and O–H groups in total. The summed E-state index contributed by atoms with van der Waals surface area (Å²) in [4.78, 5) is 12.8. The highest BCUT2D eigenvalue weighted by molar-refractivity contribution is 5.77. The average Bonchev–Trinajstić information content (AvgIpc) is 2.58. The molecule has 0 fully saturated rings. The highest BCUT2D eigenvalue weighted by atomic mass is 16.2. The van der Waals surface area contributed by atoms with E-state index in [4.69, 9.17) is 0 Å². The number of nitrogens with zero attached hydrogens (tertiary/aromatic N) is 3. The van der Waals surface area contributed by atoms with Crippen molar-refractivity contribution in [2.45, 2.75) is 6.42 Å². The summed E-state index contributed by atoms with van der Waals surface area (Å²) in [5.41, 5.74) is 1.04. The Morgan fingerprint density at radius 3 is 2.87 bits per heavy atom. The maximum atomic E-state index is 11.2. The Morgan fingerprint density at radius 2 is 2.33 bits per heavy atom. The number of rotatable bonds is 5. The minimum absolute atomic E-state index is 0.0935. The largest absolute Gasteiger partial charge is 0.348 e. The van der Waals surface area contributed by atoms with Crippen molar-refractivity contribution in [3.8, 4) is 0 Å². The van der Waals surface area contributed by atoms with E-state index >= 15 is 0 Å². The Balaban J connectivity index is 2.15. The molecule has 84 valence electrons. The van der Waals surface area contributed by atoms with Gasteiger partial charge < -0.3 is 10.2 Å². The first-order valence-corrected chi connectivity index (χ1v) is 4.99. The van der Waals surface area contributed by atoms with E-state index in [-0.39, 0.29) is 5.91 Å². The van der Waals surface area contributed by atoms with Crippen molar-refractivity contribution in [1.82, 2.24) is 20.0 Å². The fourth-order valence-electron chi connectivity index (χ4n) is 1.17. The summed E-state index contributed by atoms with van der Waals surface area (Å²) < 4.78 is 1.78. The van der Waals surface area contributed by atoms with E-state index < -0.39 is 0 Å². The predicted molar refractivity (Wildman–Crippen MR) is 58.5 cm³/mol. The smallest absolute Gasteiger partial charge is 0.236 e. The number of carbonyl (C=O) groups is 1. The zero-order valence-corrected chi connectivity index (χ0v) is 9.53. The van der Waals surface area contributed by atoms with Gasteiger partial charge in [0.2, 0.25) is 5.91 Å². The van der Waals surface area contributed by atoms with E-state index in [1.807, 2.05) is 19.3 Å². The van der Waals surface area contributed by atoms with Crippen LogP contribution in [0, 0.1) is 0 Å². The van der Waals surface area contributed by atoms with Crippen molar-refractivity contribution < 1.29 is 4.79 Å². The molecular weight excluding hydrogens is 192 g/mol. The molecular formula is C10H18N4O. The molecule has 1 aromatic rings. The summed E-state index contributed by atoms with van der Waals surface area (Å²) in [6.45, 7) is 1.16. The van der Waals surface area contributed by atoms with Crippen LogP contribution in [-0.2, 0) is 18.3 Å². The topological polar surface area (TPSA) is 50.2 Å². The first-order chi connectivity index (χ1) is 7.09. The molecule has 0 saturated heterocycles. The molecule has 0 aliphatic carbocycles. The van der Waals surface area contributed by atoms with Gasteiger partial charge in [-0.3, -0.25) is 9.48 Å². The quantitative estimate of drug-likeness (QED) is 0.675. The molecule has 0 radical (unpaired) electrons. The molecule has 0 aliphatic rings. The predicted octanol–water partition coefficient (Wildman–Crippen LogP) is -0.360. The van der Waals surface area contributed by atoms with Crippen LogP contribution in [0.2, 0.25) is 0 Å². The van der Waals surface area contributed by atoms with Gasteiger partial charge in [-0.2, -0.15) is 5.10 Å². The molecule has 0 aliphatic heterocycles. The average molecular weight is 210 g/mol. The molecule has 0 unspecified atom stereocenters. The van der Waals surface area contributed by atoms with Gasteiger partial charge in [0.1, 0.15) is 0 Å². The lowest BCUT2D eigenvalue weighted by Crippen LogP contribution is -2.33. The van der Waals surface area contributed by atoms with Gasteiger partial charge in [-0.05, 0) is 6.07 Å². The number of carbonyl (C=O) groups excluding carboxylic acids is 1. The summed E-state index contributed by atoms with van der Waals surface area (Å²) in [5.74, 6) is 0.0935. The molecule has 0 aromatic carbocycles. The number of likely N-dealkylation sites (N-methyl/N-ethyl adjacent to an activating group) is 1. The van der Waals surface area contributed by atoms with E-state index in [2.05, 4.69) is 10.4 Å². The van der Waals surface area contributed by atoms with Crippen molar-refractivity contribution >= 4 is 5.91 Å². The number of nitrogens with one attached hydrogen (secondary N) is 1. The molecule has 0 spiro atoms. The zero-order chi connectivity index (χ0) is 11.3. The van der Waals surface area contributed by atoms with Gasteiger partial charge in [-0.15, -0.1) is 0 Å². The second-order valence-electron chi connectivity index (χ2n) is 3.70. The fraction of sp³-hybridized carbons (Fsp3) is 0.600. The highest BCUT2D eigenvalue weighted by Crippen LogP contribution is 1.93. The third-order valence-corrected chi connectivity index (χ3v) is 2.10. The molecule has 15 heavy (non-hydrogen) atoms. The molecule has 0 atom stereocenters. The Labute approximate surface area is 90.1 Å². The Kier molecular flexibility index (Phi) is 4.30. The van der Waals surface area contributed by atoms with E-state index in [9.17, 15) is 4.79 Å². The molecule has 5 heteroatoms. The second kappa shape index (κ2) is 5.50. The van der Waals surface area contributed by atoms with Crippen molar-refractivity contribution in [2.75, 3.05) is 27.2 Å². The SMILES string of the molecule is CN(C)C(=O)CNCCc1ccn(C)n1. The van der Waals surface area contributed by atoms with Crippen LogP contribution < -0.4 is 5.32 Å². The Bertz CT molecular complexity index is 319. The van der Waals surface area contributed by atoms with Crippen molar-refractivity contribution in [3.05, 3.63) is 18.0 Å². The molecule has 1 heterocycles. The molecule has 5 nitrogen and oxygen atoms in total. The highest BCUT2D eigenvalue weighted by Gasteiger charge is 2.02. The van der Waals surface area contributed by atoms with Gasteiger partial charge in [0.25, 0.3) is 0 Å². The third kappa shape index (κ3) is 4.12. The molecule has 1 amide bonds. The van der Waals surface area contributed by atoms with Gasteiger partial charge in [0.15, 0.2) is 0 Å². The number of aromatic nitrogens is 2. The normalized spacial score (nSPS) is 10.3. The molecule has 1 aromatic heterocycles. The summed E-state index contributed by atoms with van der Waals surface area (Å²) in [6.07, 6.45) is 2.77. The first-order valence-electron chi connectivity index (χ1n) is 4.99. The number of hydrogen-bond acceptors (Lipinski definition) is 3. The van der Waals surface area contributed by atoms with Crippen LogP contribution in [0.15, 0.2) is 12.3 Å². The minimum atomic E-state index is 0.0935. The maximum Gasteiger partial charge on any atom is 0.236 e. The first kappa shape index (κ1) is 11.7. The van der Waals surface area contributed by atoms with E-state index in [0.29, 0.717) is 6.54 Å². The zero-order valence-electron chi connectivity index (χ0n) is 9.53. The van der Waals surface area contributed by atoms with E-state index in [0.717, 1.165) is 18.7 Å². The van der Waals surface area contributed by atoms with Gasteiger partial charge >= 0.3 is 0 Å². The Morgan fingerprint density at radius 1 is 1.60 bits per heavy atom. The summed E-state index contributed by atoms with van der Waals surface area (Å²) in [6, 6.07) is 1.98. The lowest BCUT2D eigenvalue weighted by atomic mass is 10.3. The lowest BCUT2D eigenvalue weighted by Gasteiger charge is -2.10. The van der Waals surface area contributed by atoms with E-state index in [1.54, 1.807) is 23.7 Å². The van der Waals surface area contributed by atoms with Crippen LogP contribution in [0.3, 0.4) is 0 Å². The van der Waals surface area contributed by atoms with Gasteiger partial charge in [0, 0.05) is 40.3 Å². The molecule has 0 bridgehead atoms. The standard InChI is InChI=1S/C10H18N4O/c1-13(2)10(15)8-11-6-4-9-5-7-14(3)12-9/h5,7,11H,4,6,8H2,1-3H3. The molecule has 0 saturated carbocycles. The summed E-state index contributed by atoms with van der Waals surface area (Å²) in [7, 11) is 5.40. The third-order valence-electron chi connectivity index (χ3n) is 2.10. The van der Waals surface area contributed by atoms with E-state index in [1.165, 1.54) is 0 Å². The van der Waals surface area contributed by atoms with Gasteiger partial charge in [0.05, 0.1) is 12.2 Å². The maximum absolute atomic E-state index is 11.2. The van der Waals surface area contributed by atoms with Crippen molar-refractivity contribution in [3.63, 3.8) is 0 Å². The van der Waals surface area contributed by atoms with Gasteiger partial charge in [-0.25, -0.2) is 0 Å². The Hall–Kier alpha value is -1.36. The monoisotopic (exact) mass is 210 g/mol. The van der Waals surface area contributed by atoms with Crippen LogP contribution in [0.4, 0.5) is 0 Å². The number of aryl methyl sites for hydroxylation is 1. The minimum Gasteiger partial charge on any atom is -0.348 e. The van der Waals surface area contributed by atoms with Gasteiger partial charge in [-0.1, -0.05) is 0 Å². The number of amides is 1. The fourth-order valence-corrected chi connectivity index (χ4v) is 1.17. The van der Waals surface area contributed by atoms with Crippen molar-refractivity contribution in [2.24, 2.45) is 7.05 Å². The van der Waals surface area contributed by atoms with Crippen LogP contribution in [0.25, 0.3) is 0 Å². The van der Waals surface area contributed by atoms with Crippen molar-refractivity contribution in [1.29, 1.82) is 0 Å². The van der Waals surface area contributed by atoms with Crippen LogP contribution in [0.1, 0.15) is 5.69 Å². The number of hydrogen-bond donors (Lipinski definition) is 1. The van der Waals surface area contributed by atoms with Crippen LogP contribution >= 0.6 is 0 Å². The lowest BCUT2D eigenvalue weighted by molar-refractivity contribution is -0.127. The van der Waals surface area contributed by atoms with Crippen LogP contribution in [0.5, 0.6) is 0 Å². The molecule has 1 rings (SSSR count). The summed E-state index contributed by atoms with van der Waals surface area (Å²) >= 11 is 0.